The number of sulfonamides is 1. The third kappa shape index (κ3) is 5.04. The lowest BCUT2D eigenvalue weighted by Gasteiger charge is -2.09. The first-order chi connectivity index (χ1) is 10.9. The number of carbonyl (C=O) groups excluding carboxylic acids is 1. The molecule has 0 saturated heterocycles. The number of nitrogens with one attached hydrogen (secondary N) is 2. The van der Waals surface area contributed by atoms with Crippen LogP contribution in [0.5, 0.6) is 0 Å². The highest BCUT2D eigenvalue weighted by Gasteiger charge is 2.13. The van der Waals surface area contributed by atoms with Crippen molar-refractivity contribution in [2.75, 3.05) is 13.1 Å². The monoisotopic (exact) mass is 416 g/mol. The van der Waals surface area contributed by atoms with Gasteiger partial charge in [0.25, 0.3) is 5.91 Å². The van der Waals surface area contributed by atoms with Gasteiger partial charge in [0.05, 0.1) is 10.5 Å². The summed E-state index contributed by atoms with van der Waals surface area (Å²) in [5, 5.41) is 3.08. The Hall–Kier alpha value is -1.41. The molecule has 0 fully saturated rings. The Morgan fingerprint density at radius 1 is 1.09 bits per heavy atom. The van der Waals surface area contributed by atoms with Gasteiger partial charge in [0, 0.05) is 22.6 Å². The number of hydrogen-bond donors (Lipinski definition) is 2. The van der Waals surface area contributed by atoms with Crippen molar-refractivity contribution < 1.29 is 13.2 Å². The molecule has 0 aliphatic carbocycles. The van der Waals surface area contributed by atoms with Gasteiger partial charge in [0.15, 0.2) is 0 Å². The fourth-order valence-electron chi connectivity index (χ4n) is 1.81. The fourth-order valence-corrected chi connectivity index (χ4v) is 3.46. The summed E-state index contributed by atoms with van der Waals surface area (Å²) < 4.78 is 27.0. The highest BCUT2D eigenvalue weighted by atomic mass is 79.9. The molecule has 0 aliphatic rings. The Morgan fingerprint density at radius 2 is 1.78 bits per heavy atom. The average molecular weight is 418 g/mol. The molecule has 0 atom stereocenters. The molecule has 0 saturated carbocycles. The first-order valence-electron chi connectivity index (χ1n) is 6.68. The van der Waals surface area contributed by atoms with E-state index in [0.717, 1.165) is 0 Å². The molecular weight excluding hydrogens is 404 g/mol. The number of rotatable bonds is 6. The molecule has 8 heteroatoms. The second kappa shape index (κ2) is 7.92. The van der Waals surface area contributed by atoms with Crippen LogP contribution in [0, 0.1) is 0 Å². The van der Waals surface area contributed by atoms with Crippen molar-refractivity contribution in [1.29, 1.82) is 0 Å². The zero-order chi connectivity index (χ0) is 16.9. The lowest BCUT2D eigenvalue weighted by atomic mass is 10.2. The molecule has 0 bridgehead atoms. The summed E-state index contributed by atoms with van der Waals surface area (Å²) in [6.45, 7) is 0.241. The number of halogens is 2. The summed E-state index contributed by atoms with van der Waals surface area (Å²) in [6, 6.07) is 12.9. The second-order valence-corrected chi connectivity index (χ2v) is 7.65. The molecule has 0 aromatic heterocycles. The van der Waals surface area contributed by atoms with Crippen molar-refractivity contribution in [1.82, 2.24) is 10.0 Å². The molecule has 0 unspecified atom stereocenters. The number of carbonyl (C=O) groups is 1. The Balaban J connectivity index is 1.88. The van der Waals surface area contributed by atoms with E-state index in [0.29, 0.717) is 15.1 Å². The molecule has 0 heterocycles. The number of hydrogen-bond acceptors (Lipinski definition) is 3. The van der Waals surface area contributed by atoms with Gasteiger partial charge in [-0.15, -0.1) is 0 Å². The molecule has 2 aromatic rings. The molecule has 1 amide bonds. The van der Waals surface area contributed by atoms with Crippen LogP contribution in [0.3, 0.4) is 0 Å². The van der Waals surface area contributed by atoms with Gasteiger partial charge in [-0.3, -0.25) is 4.79 Å². The zero-order valence-corrected chi connectivity index (χ0v) is 15.1. The largest absolute Gasteiger partial charge is 0.351 e. The van der Waals surface area contributed by atoms with Gasteiger partial charge in [-0.1, -0.05) is 29.8 Å². The predicted molar refractivity (Wildman–Crippen MR) is 93.1 cm³/mol. The zero-order valence-electron chi connectivity index (χ0n) is 11.9. The summed E-state index contributed by atoms with van der Waals surface area (Å²) in [4.78, 5) is 12.2. The van der Waals surface area contributed by atoms with Crippen molar-refractivity contribution in [2.45, 2.75) is 4.90 Å². The summed E-state index contributed by atoms with van der Waals surface area (Å²) in [6.07, 6.45) is 0. The van der Waals surface area contributed by atoms with Crippen molar-refractivity contribution in [3.05, 3.63) is 63.6 Å². The molecule has 2 N–H and O–H groups in total. The van der Waals surface area contributed by atoms with Crippen LogP contribution in [0.4, 0.5) is 0 Å². The summed E-state index contributed by atoms with van der Waals surface area (Å²) in [5.41, 5.74) is 0.392. The van der Waals surface area contributed by atoms with Crippen molar-refractivity contribution in [2.24, 2.45) is 0 Å². The van der Waals surface area contributed by atoms with Crippen LogP contribution in [0.2, 0.25) is 5.02 Å². The Bertz CT molecular complexity index is 798. The van der Waals surface area contributed by atoms with Gasteiger partial charge in [0.1, 0.15) is 0 Å². The smallest absolute Gasteiger partial charge is 0.252 e. The van der Waals surface area contributed by atoms with Gasteiger partial charge in [-0.25, -0.2) is 13.1 Å². The Morgan fingerprint density at radius 3 is 2.48 bits per heavy atom. The Kier molecular flexibility index (Phi) is 6.17. The molecule has 0 radical (unpaired) electrons. The van der Waals surface area contributed by atoms with E-state index in [9.17, 15) is 13.2 Å². The second-order valence-electron chi connectivity index (χ2n) is 4.59. The van der Waals surface area contributed by atoms with Crippen molar-refractivity contribution in [3.8, 4) is 0 Å². The molecule has 0 aliphatic heterocycles. The van der Waals surface area contributed by atoms with Crippen molar-refractivity contribution >= 4 is 43.5 Å². The quantitative estimate of drug-likeness (QED) is 0.710. The van der Waals surface area contributed by atoms with Crippen LogP contribution in [-0.2, 0) is 10.0 Å². The predicted octanol–water partition coefficient (Wildman–Crippen LogP) is 2.81. The van der Waals surface area contributed by atoms with Gasteiger partial charge in [-0.05, 0) is 46.3 Å². The maximum atomic E-state index is 12.0. The van der Waals surface area contributed by atoms with E-state index in [-0.39, 0.29) is 23.9 Å². The minimum atomic E-state index is -3.57. The third-order valence-electron chi connectivity index (χ3n) is 2.93. The first kappa shape index (κ1) is 17.9. The molecule has 2 aromatic carbocycles. The van der Waals surface area contributed by atoms with E-state index in [1.54, 1.807) is 30.3 Å². The van der Waals surface area contributed by atoms with Gasteiger partial charge in [0.2, 0.25) is 10.0 Å². The summed E-state index contributed by atoms with van der Waals surface area (Å²) in [7, 11) is -3.57. The van der Waals surface area contributed by atoms with Gasteiger partial charge >= 0.3 is 0 Å². The number of amides is 1. The topological polar surface area (TPSA) is 75.3 Å². The van der Waals surface area contributed by atoms with E-state index in [4.69, 9.17) is 11.6 Å². The van der Waals surface area contributed by atoms with Crippen LogP contribution in [0.1, 0.15) is 10.4 Å². The molecule has 0 spiro atoms. The highest BCUT2D eigenvalue weighted by Crippen LogP contribution is 2.20. The van der Waals surface area contributed by atoms with Gasteiger partial charge < -0.3 is 5.32 Å². The molecule has 2 rings (SSSR count). The van der Waals surface area contributed by atoms with Crippen LogP contribution in [-0.4, -0.2) is 27.4 Å². The highest BCUT2D eigenvalue weighted by molar-refractivity contribution is 9.10. The van der Waals surface area contributed by atoms with E-state index >= 15 is 0 Å². The first-order valence-corrected chi connectivity index (χ1v) is 9.33. The minimum Gasteiger partial charge on any atom is -0.351 e. The summed E-state index contributed by atoms with van der Waals surface area (Å²) in [5.74, 6) is -0.335. The normalized spacial score (nSPS) is 11.2. The maximum absolute atomic E-state index is 12.0. The average Bonchev–Trinajstić information content (AvgIpc) is 2.54. The van der Waals surface area contributed by atoms with Crippen molar-refractivity contribution in [3.63, 3.8) is 0 Å². The minimum absolute atomic E-state index is 0.0845. The van der Waals surface area contributed by atoms with E-state index in [1.807, 2.05) is 0 Å². The third-order valence-corrected chi connectivity index (χ3v) is 5.33. The van der Waals surface area contributed by atoms with Crippen LogP contribution in [0.15, 0.2) is 57.9 Å². The molecule has 5 nitrogen and oxygen atoms in total. The SMILES string of the molecule is O=C(NCCNS(=O)(=O)c1ccccc1)c1cc(Cl)ccc1Br. The lowest BCUT2D eigenvalue weighted by Crippen LogP contribution is -2.34. The summed E-state index contributed by atoms with van der Waals surface area (Å²) >= 11 is 9.13. The van der Waals surface area contributed by atoms with Crippen LogP contribution >= 0.6 is 27.5 Å². The standard InChI is InChI=1S/C15H14BrClN2O3S/c16-14-7-6-11(17)10-13(14)15(20)18-8-9-19-23(21,22)12-4-2-1-3-5-12/h1-7,10,19H,8-9H2,(H,18,20). The molecule has 122 valence electrons. The van der Waals surface area contributed by atoms with Crippen LogP contribution in [0.25, 0.3) is 0 Å². The van der Waals surface area contributed by atoms with E-state index < -0.39 is 10.0 Å². The fraction of sp³-hybridized carbons (Fsp3) is 0.133. The van der Waals surface area contributed by atoms with Crippen LogP contribution < -0.4 is 10.0 Å². The number of benzene rings is 2. The maximum Gasteiger partial charge on any atom is 0.252 e. The lowest BCUT2D eigenvalue weighted by molar-refractivity contribution is 0.0953. The Labute approximate surface area is 148 Å². The van der Waals surface area contributed by atoms with Gasteiger partial charge in [-0.2, -0.15) is 0 Å². The molecule has 23 heavy (non-hydrogen) atoms. The van der Waals surface area contributed by atoms with E-state index in [2.05, 4.69) is 26.0 Å². The van der Waals surface area contributed by atoms with E-state index in [1.165, 1.54) is 18.2 Å². The molecular formula is C15H14BrClN2O3S.